The first-order valence-corrected chi connectivity index (χ1v) is 9.95. The van der Waals surface area contributed by atoms with Crippen LogP contribution in [-0.2, 0) is 22.4 Å². The molecule has 1 amide bonds. The van der Waals surface area contributed by atoms with E-state index in [1.165, 1.54) is 14.2 Å². The predicted molar refractivity (Wildman–Crippen MR) is 114 cm³/mol. The maximum atomic E-state index is 12.7. The Kier molecular flexibility index (Phi) is 5.88. The van der Waals surface area contributed by atoms with Gasteiger partial charge in [0, 0.05) is 35.1 Å². The van der Waals surface area contributed by atoms with Crippen molar-refractivity contribution >= 4 is 17.6 Å². The number of fused-ring (bicyclic) bond motifs is 1. The average Bonchev–Trinajstić information content (AvgIpc) is 3.40. The van der Waals surface area contributed by atoms with Crippen LogP contribution < -0.4 is 14.8 Å². The number of esters is 1. The van der Waals surface area contributed by atoms with Crippen LogP contribution in [0.2, 0.25) is 0 Å². The van der Waals surface area contributed by atoms with E-state index in [1.54, 1.807) is 22.9 Å². The van der Waals surface area contributed by atoms with Crippen LogP contribution in [0.15, 0.2) is 48.5 Å². The van der Waals surface area contributed by atoms with Gasteiger partial charge in [-0.2, -0.15) is 5.10 Å². The van der Waals surface area contributed by atoms with E-state index in [4.69, 9.17) is 14.2 Å². The molecule has 0 atom stereocenters. The summed E-state index contributed by atoms with van der Waals surface area (Å²) < 4.78 is 17.4. The lowest BCUT2D eigenvalue weighted by Gasteiger charge is -2.10. The first-order valence-electron chi connectivity index (χ1n) is 9.95. The zero-order valence-electron chi connectivity index (χ0n) is 17.4. The molecule has 0 aliphatic heterocycles. The minimum Gasteiger partial charge on any atom is -0.497 e. The van der Waals surface area contributed by atoms with E-state index in [-0.39, 0.29) is 5.69 Å². The number of carbonyl (C=O) groups excluding carboxylic acids is 2. The number of amides is 1. The zero-order valence-corrected chi connectivity index (χ0v) is 17.4. The second-order valence-electron chi connectivity index (χ2n) is 7.10. The number of nitrogens with zero attached hydrogens (tertiary/aromatic N) is 2. The van der Waals surface area contributed by atoms with Crippen molar-refractivity contribution in [1.82, 2.24) is 9.78 Å². The summed E-state index contributed by atoms with van der Waals surface area (Å²) in [5.41, 5.74) is 3.56. The van der Waals surface area contributed by atoms with Gasteiger partial charge >= 0.3 is 5.97 Å². The number of nitrogens with one attached hydrogen (secondary N) is 1. The largest absolute Gasteiger partial charge is 0.497 e. The van der Waals surface area contributed by atoms with Crippen molar-refractivity contribution in [3.05, 3.63) is 65.5 Å². The van der Waals surface area contributed by atoms with Gasteiger partial charge in [-0.3, -0.25) is 4.79 Å². The number of rotatable bonds is 7. The molecule has 0 unspecified atom stereocenters. The van der Waals surface area contributed by atoms with Crippen molar-refractivity contribution in [2.45, 2.75) is 19.3 Å². The number of benzene rings is 2. The summed E-state index contributed by atoms with van der Waals surface area (Å²) in [6.07, 6.45) is 2.57. The van der Waals surface area contributed by atoms with Gasteiger partial charge in [0.05, 0.1) is 19.9 Å². The van der Waals surface area contributed by atoms with E-state index in [9.17, 15) is 9.59 Å². The number of aromatic nitrogens is 2. The monoisotopic (exact) mass is 421 g/mol. The summed E-state index contributed by atoms with van der Waals surface area (Å²) in [5.74, 6) is -0.00341. The fourth-order valence-electron chi connectivity index (χ4n) is 3.66. The van der Waals surface area contributed by atoms with E-state index in [1.807, 2.05) is 30.3 Å². The van der Waals surface area contributed by atoms with Crippen molar-refractivity contribution in [2.75, 3.05) is 26.1 Å². The molecule has 1 aliphatic carbocycles. The normalized spacial score (nSPS) is 12.2. The van der Waals surface area contributed by atoms with Crippen molar-refractivity contribution in [1.29, 1.82) is 0 Å². The standard InChI is InChI=1S/C23H23N3O5/c1-29-17-11-15(12-18(13-17)30-2)24-21(27)14-31-23(28)22-19-9-6-10-20(19)26(25-22)16-7-4-3-5-8-16/h3-5,7-8,11-13H,6,9-10,14H2,1-2H3,(H,24,27). The molecule has 4 rings (SSSR count). The van der Waals surface area contributed by atoms with Gasteiger partial charge in [-0.25, -0.2) is 9.48 Å². The van der Waals surface area contributed by atoms with Gasteiger partial charge in [0.1, 0.15) is 11.5 Å². The van der Waals surface area contributed by atoms with Gasteiger partial charge in [-0.1, -0.05) is 18.2 Å². The number of hydrogen-bond donors (Lipinski definition) is 1. The summed E-state index contributed by atoms with van der Waals surface area (Å²) >= 11 is 0. The number of hydrogen-bond acceptors (Lipinski definition) is 6. The molecule has 8 heteroatoms. The van der Waals surface area contributed by atoms with E-state index < -0.39 is 18.5 Å². The second kappa shape index (κ2) is 8.91. The Morgan fingerprint density at radius 2 is 1.74 bits per heavy atom. The molecular formula is C23H23N3O5. The molecule has 1 heterocycles. The number of para-hydroxylation sites is 1. The number of carbonyl (C=O) groups is 2. The van der Waals surface area contributed by atoms with Crippen LogP contribution in [0.1, 0.15) is 28.2 Å². The van der Waals surface area contributed by atoms with Crippen molar-refractivity contribution in [3.63, 3.8) is 0 Å². The van der Waals surface area contributed by atoms with Crippen molar-refractivity contribution in [3.8, 4) is 17.2 Å². The van der Waals surface area contributed by atoms with Gasteiger partial charge in [0.15, 0.2) is 12.3 Å². The minimum atomic E-state index is -0.605. The highest BCUT2D eigenvalue weighted by Gasteiger charge is 2.28. The summed E-state index contributed by atoms with van der Waals surface area (Å²) in [5, 5.41) is 7.17. The molecule has 0 spiro atoms. The Labute approximate surface area is 179 Å². The van der Waals surface area contributed by atoms with Crippen LogP contribution >= 0.6 is 0 Å². The lowest BCUT2D eigenvalue weighted by atomic mass is 10.2. The number of methoxy groups -OCH3 is 2. The summed E-state index contributed by atoms with van der Waals surface area (Å²) in [4.78, 5) is 25.0. The second-order valence-corrected chi connectivity index (χ2v) is 7.10. The molecule has 1 aromatic heterocycles. The summed E-state index contributed by atoms with van der Waals surface area (Å²) in [7, 11) is 3.05. The fourth-order valence-corrected chi connectivity index (χ4v) is 3.66. The molecule has 0 saturated heterocycles. The molecule has 0 saturated carbocycles. The van der Waals surface area contributed by atoms with Crippen LogP contribution in [0.25, 0.3) is 5.69 Å². The maximum Gasteiger partial charge on any atom is 0.359 e. The highest BCUT2D eigenvalue weighted by molar-refractivity contribution is 5.95. The van der Waals surface area contributed by atoms with Crippen LogP contribution in [0.4, 0.5) is 5.69 Å². The Morgan fingerprint density at radius 1 is 1.03 bits per heavy atom. The van der Waals surface area contributed by atoms with E-state index in [2.05, 4.69) is 10.4 Å². The van der Waals surface area contributed by atoms with Gasteiger partial charge in [0.2, 0.25) is 0 Å². The molecule has 1 aliphatic rings. The lowest BCUT2D eigenvalue weighted by Crippen LogP contribution is -2.21. The maximum absolute atomic E-state index is 12.7. The highest BCUT2D eigenvalue weighted by atomic mass is 16.5. The molecule has 3 aromatic rings. The molecule has 0 fully saturated rings. The van der Waals surface area contributed by atoms with Gasteiger partial charge < -0.3 is 19.5 Å². The van der Waals surface area contributed by atoms with Crippen LogP contribution in [0.5, 0.6) is 11.5 Å². The third kappa shape index (κ3) is 4.37. The van der Waals surface area contributed by atoms with Gasteiger partial charge in [-0.05, 0) is 31.4 Å². The molecule has 0 radical (unpaired) electrons. The van der Waals surface area contributed by atoms with Crippen molar-refractivity contribution < 1.29 is 23.8 Å². The molecular weight excluding hydrogens is 398 g/mol. The average molecular weight is 421 g/mol. The summed E-state index contributed by atoms with van der Waals surface area (Å²) in [6, 6.07) is 14.7. The number of ether oxygens (including phenoxy) is 3. The minimum absolute atomic E-state index is 0.271. The van der Waals surface area contributed by atoms with Crippen LogP contribution in [0, 0.1) is 0 Å². The van der Waals surface area contributed by atoms with Crippen LogP contribution in [-0.4, -0.2) is 42.5 Å². The fraction of sp³-hybridized carbons (Fsp3) is 0.261. The topological polar surface area (TPSA) is 91.7 Å². The molecule has 1 N–H and O–H groups in total. The number of anilines is 1. The van der Waals surface area contributed by atoms with Crippen LogP contribution in [0.3, 0.4) is 0 Å². The highest BCUT2D eigenvalue weighted by Crippen LogP contribution is 2.28. The first kappa shape index (κ1) is 20.5. The zero-order chi connectivity index (χ0) is 21.8. The Morgan fingerprint density at radius 3 is 2.42 bits per heavy atom. The quantitative estimate of drug-likeness (QED) is 0.589. The Balaban J connectivity index is 1.44. The van der Waals surface area contributed by atoms with Crippen molar-refractivity contribution in [2.24, 2.45) is 0 Å². The Hall–Kier alpha value is -3.81. The van der Waals surface area contributed by atoms with Gasteiger partial charge in [0.25, 0.3) is 5.91 Å². The first-order chi connectivity index (χ1) is 15.1. The smallest absolute Gasteiger partial charge is 0.359 e. The predicted octanol–water partition coefficient (Wildman–Crippen LogP) is 3.17. The molecule has 2 aromatic carbocycles. The molecule has 160 valence electrons. The molecule has 8 nitrogen and oxygen atoms in total. The molecule has 31 heavy (non-hydrogen) atoms. The lowest BCUT2D eigenvalue weighted by molar-refractivity contribution is -0.119. The Bertz CT molecular complexity index is 1090. The molecule has 0 bridgehead atoms. The SMILES string of the molecule is COc1cc(NC(=O)COC(=O)c2nn(-c3ccccc3)c3c2CCC3)cc(OC)c1. The third-order valence-electron chi connectivity index (χ3n) is 5.09. The van der Waals surface area contributed by atoms with E-state index in [0.717, 1.165) is 36.2 Å². The third-order valence-corrected chi connectivity index (χ3v) is 5.09. The van der Waals surface area contributed by atoms with Gasteiger partial charge in [-0.15, -0.1) is 0 Å². The summed E-state index contributed by atoms with van der Waals surface area (Å²) in [6.45, 7) is -0.425. The van der Waals surface area contributed by atoms with E-state index >= 15 is 0 Å². The van der Waals surface area contributed by atoms with E-state index in [0.29, 0.717) is 17.2 Å².